The van der Waals surface area contributed by atoms with Crippen molar-refractivity contribution in [1.29, 1.82) is 0 Å². The van der Waals surface area contributed by atoms with E-state index in [1.165, 1.54) is 0 Å². The van der Waals surface area contributed by atoms with Crippen molar-refractivity contribution in [3.63, 3.8) is 0 Å². The molecule has 1 unspecified atom stereocenters. The van der Waals surface area contributed by atoms with Gasteiger partial charge in [-0.1, -0.05) is 20.3 Å². The quantitative estimate of drug-likeness (QED) is 0.489. The first kappa shape index (κ1) is 15.4. The van der Waals surface area contributed by atoms with Crippen LogP contribution in [0.2, 0.25) is 0 Å². The van der Waals surface area contributed by atoms with Crippen molar-refractivity contribution in [3.05, 3.63) is 0 Å². The van der Waals surface area contributed by atoms with Crippen molar-refractivity contribution in [2.45, 2.75) is 39.5 Å². The molecule has 1 amide bonds. The molecular formula is C12H26N2O2. The fourth-order valence-electron chi connectivity index (χ4n) is 1.64. The largest absolute Gasteiger partial charge is 0.396 e. The molecule has 0 radical (unpaired) electrons. The van der Waals surface area contributed by atoms with Crippen LogP contribution in [0, 0.1) is 5.92 Å². The summed E-state index contributed by atoms with van der Waals surface area (Å²) in [4.78, 5) is 11.4. The highest BCUT2D eigenvalue weighted by atomic mass is 16.3. The number of aliphatic hydroxyl groups is 1. The van der Waals surface area contributed by atoms with Gasteiger partial charge in [0, 0.05) is 13.2 Å². The Bertz CT molecular complexity index is 168. The first-order chi connectivity index (χ1) is 7.74. The monoisotopic (exact) mass is 230 g/mol. The molecule has 4 heteroatoms. The number of hydrogen-bond donors (Lipinski definition) is 3. The Balaban J connectivity index is 3.60. The maximum Gasteiger partial charge on any atom is 0.233 e. The standard InChI is InChI=1S/C12H26N2O2/c1-3-5-11(6-8-15)9-14-12(16)10-13-7-4-2/h11,13,15H,3-10H2,1-2H3,(H,14,16). The zero-order chi connectivity index (χ0) is 12.2. The van der Waals surface area contributed by atoms with E-state index in [0.29, 0.717) is 19.0 Å². The topological polar surface area (TPSA) is 61.4 Å². The molecule has 0 spiro atoms. The normalized spacial score (nSPS) is 12.4. The lowest BCUT2D eigenvalue weighted by molar-refractivity contribution is -0.120. The molecule has 0 aromatic rings. The number of nitrogens with one attached hydrogen (secondary N) is 2. The molecule has 0 fully saturated rings. The number of carbonyl (C=O) groups excluding carboxylic acids is 1. The maximum atomic E-state index is 11.4. The summed E-state index contributed by atoms with van der Waals surface area (Å²) in [5.41, 5.74) is 0. The summed E-state index contributed by atoms with van der Waals surface area (Å²) in [6.45, 7) is 6.35. The van der Waals surface area contributed by atoms with Gasteiger partial charge in [-0.05, 0) is 31.7 Å². The van der Waals surface area contributed by atoms with E-state index in [9.17, 15) is 4.79 Å². The van der Waals surface area contributed by atoms with Gasteiger partial charge in [-0.25, -0.2) is 0 Å². The van der Waals surface area contributed by atoms with Crippen LogP contribution in [0.5, 0.6) is 0 Å². The van der Waals surface area contributed by atoms with Crippen LogP contribution in [-0.4, -0.2) is 37.3 Å². The van der Waals surface area contributed by atoms with Crippen molar-refractivity contribution in [2.75, 3.05) is 26.2 Å². The molecule has 0 bridgehead atoms. The molecule has 0 aliphatic heterocycles. The Labute approximate surface area is 98.8 Å². The molecule has 0 aliphatic carbocycles. The van der Waals surface area contributed by atoms with E-state index < -0.39 is 0 Å². The smallest absolute Gasteiger partial charge is 0.233 e. The third-order valence-corrected chi connectivity index (χ3v) is 2.53. The molecule has 0 aromatic carbocycles. The third kappa shape index (κ3) is 8.68. The average Bonchev–Trinajstić information content (AvgIpc) is 2.27. The molecular weight excluding hydrogens is 204 g/mol. The van der Waals surface area contributed by atoms with Gasteiger partial charge in [-0.3, -0.25) is 4.79 Å². The molecule has 0 heterocycles. The van der Waals surface area contributed by atoms with Crippen molar-refractivity contribution >= 4 is 5.91 Å². The predicted molar refractivity (Wildman–Crippen MR) is 66.3 cm³/mol. The summed E-state index contributed by atoms with van der Waals surface area (Å²) in [6, 6.07) is 0. The van der Waals surface area contributed by atoms with Crippen molar-refractivity contribution in [3.8, 4) is 0 Å². The molecule has 0 aliphatic rings. The van der Waals surface area contributed by atoms with E-state index in [4.69, 9.17) is 5.11 Å². The van der Waals surface area contributed by atoms with Crippen LogP contribution in [0.15, 0.2) is 0 Å². The third-order valence-electron chi connectivity index (χ3n) is 2.53. The second-order valence-corrected chi connectivity index (χ2v) is 4.15. The minimum Gasteiger partial charge on any atom is -0.396 e. The lowest BCUT2D eigenvalue weighted by Crippen LogP contribution is -2.37. The number of amides is 1. The molecule has 0 saturated heterocycles. The molecule has 96 valence electrons. The van der Waals surface area contributed by atoms with Gasteiger partial charge in [0.1, 0.15) is 0 Å². The Morgan fingerprint density at radius 2 is 2.00 bits per heavy atom. The van der Waals surface area contributed by atoms with E-state index in [2.05, 4.69) is 24.5 Å². The van der Waals surface area contributed by atoms with E-state index in [1.54, 1.807) is 0 Å². The highest BCUT2D eigenvalue weighted by Crippen LogP contribution is 2.08. The Morgan fingerprint density at radius 3 is 2.56 bits per heavy atom. The van der Waals surface area contributed by atoms with Gasteiger partial charge < -0.3 is 15.7 Å². The lowest BCUT2D eigenvalue weighted by atomic mass is 10.0. The summed E-state index contributed by atoms with van der Waals surface area (Å²) in [6.07, 6.45) is 3.96. The highest BCUT2D eigenvalue weighted by molar-refractivity contribution is 5.77. The summed E-state index contributed by atoms with van der Waals surface area (Å²) >= 11 is 0. The van der Waals surface area contributed by atoms with Crippen LogP contribution in [0.25, 0.3) is 0 Å². The van der Waals surface area contributed by atoms with Crippen LogP contribution in [0.3, 0.4) is 0 Å². The summed E-state index contributed by atoms with van der Waals surface area (Å²) in [5.74, 6) is 0.456. The second-order valence-electron chi connectivity index (χ2n) is 4.15. The molecule has 4 nitrogen and oxygen atoms in total. The molecule has 0 aromatic heterocycles. The van der Waals surface area contributed by atoms with Crippen LogP contribution in [0.4, 0.5) is 0 Å². The first-order valence-electron chi connectivity index (χ1n) is 6.32. The van der Waals surface area contributed by atoms with E-state index in [0.717, 1.165) is 32.2 Å². The predicted octanol–water partition coefficient (Wildman–Crippen LogP) is 0.901. The van der Waals surface area contributed by atoms with Crippen molar-refractivity contribution < 1.29 is 9.90 Å². The van der Waals surface area contributed by atoms with E-state index >= 15 is 0 Å². The molecule has 16 heavy (non-hydrogen) atoms. The maximum absolute atomic E-state index is 11.4. The first-order valence-corrected chi connectivity index (χ1v) is 6.32. The molecule has 3 N–H and O–H groups in total. The second kappa shape index (κ2) is 10.9. The van der Waals surface area contributed by atoms with Gasteiger partial charge in [0.2, 0.25) is 5.91 Å². The Hall–Kier alpha value is -0.610. The van der Waals surface area contributed by atoms with Gasteiger partial charge in [0.05, 0.1) is 6.54 Å². The van der Waals surface area contributed by atoms with Crippen LogP contribution in [0.1, 0.15) is 39.5 Å². The number of carbonyl (C=O) groups is 1. The van der Waals surface area contributed by atoms with Gasteiger partial charge in [0.25, 0.3) is 0 Å². The van der Waals surface area contributed by atoms with Crippen molar-refractivity contribution in [1.82, 2.24) is 10.6 Å². The zero-order valence-electron chi connectivity index (χ0n) is 10.6. The fourth-order valence-corrected chi connectivity index (χ4v) is 1.64. The summed E-state index contributed by atoms with van der Waals surface area (Å²) in [5, 5.41) is 14.8. The number of rotatable bonds is 10. The van der Waals surface area contributed by atoms with E-state index in [1.807, 2.05) is 0 Å². The summed E-state index contributed by atoms with van der Waals surface area (Å²) in [7, 11) is 0. The minimum atomic E-state index is 0.0486. The van der Waals surface area contributed by atoms with Gasteiger partial charge >= 0.3 is 0 Å². The van der Waals surface area contributed by atoms with Crippen LogP contribution >= 0.6 is 0 Å². The SMILES string of the molecule is CCCNCC(=O)NCC(CCC)CCO. The fraction of sp³-hybridized carbons (Fsp3) is 0.917. The zero-order valence-corrected chi connectivity index (χ0v) is 10.6. The average molecular weight is 230 g/mol. The number of aliphatic hydroxyl groups excluding tert-OH is 1. The minimum absolute atomic E-state index is 0.0486. The van der Waals surface area contributed by atoms with Gasteiger partial charge in [-0.2, -0.15) is 0 Å². The molecule has 0 rings (SSSR count). The molecule has 0 saturated carbocycles. The Morgan fingerprint density at radius 1 is 1.25 bits per heavy atom. The van der Waals surface area contributed by atoms with Crippen LogP contribution in [-0.2, 0) is 4.79 Å². The lowest BCUT2D eigenvalue weighted by Gasteiger charge is -2.15. The van der Waals surface area contributed by atoms with Gasteiger partial charge in [0.15, 0.2) is 0 Å². The highest BCUT2D eigenvalue weighted by Gasteiger charge is 2.08. The Kier molecular flexibility index (Phi) is 10.5. The summed E-state index contributed by atoms with van der Waals surface area (Å²) < 4.78 is 0. The van der Waals surface area contributed by atoms with Crippen LogP contribution < -0.4 is 10.6 Å². The van der Waals surface area contributed by atoms with Gasteiger partial charge in [-0.15, -0.1) is 0 Å². The number of hydrogen-bond acceptors (Lipinski definition) is 3. The van der Waals surface area contributed by atoms with E-state index in [-0.39, 0.29) is 12.5 Å². The van der Waals surface area contributed by atoms with Crippen molar-refractivity contribution in [2.24, 2.45) is 5.92 Å². The molecule has 1 atom stereocenters.